The van der Waals surface area contributed by atoms with E-state index in [0.29, 0.717) is 5.56 Å². The molecule has 1 rings (SSSR count). The molecule has 1 heterocycles. The van der Waals surface area contributed by atoms with Crippen LogP contribution in [0.5, 0.6) is 0 Å². The molecule has 1 aromatic rings. The smallest absolute Gasteiger partial charge is 0.116 e. The topological polar surface area (TPSA) is 39.9 Å². The van der Waals surface area contributed by atoms with Crippen LogP contribution in [0.25, 0.3) is 0 Å². The van der Waals surface area contributed by atoms with Crippen LogP contribution in [0.15, 0.2) is 17.3 Å². The molecule has 0 aliphatic heterocycles. The van der Waals surface area contributed by atoms with E-state index in [4.69, 9.17) is 0 Å². The molecule has 1 aromatic heterocycles. The van der Waals surface area contributed by atoms with E-state index in [1.165, 1.54) is 103 Å². The molecule has 0 spiro atoms. The zero-order chi connectivity index (χ0) is 21.9. The van der Waals surface area contributed by atoms with Crippen molar-refractivity contribution in [2.24, 2.45) is 0 Å². The van der Waals surface area contributed by atoms with Crippen molar-refractivity contribution in [3.63, 3.8) is 0 Å². The van der Waals surface area contributed by atoms with Gasteiger partial charge in [-0.1, -0.05) is 103 Å². The second kappa shape index (κ2) is 18.6. The number of hydrogen-bond acceptors (Lipinski definition) is 4. The molecular weight excluding hydrogens is 386 g/mol. The molecule has 3 nitrogen and oxygen atoms in total. The molecule has 0 fully saturated rings. The van der Waals surface area contributed by atoms with Gasteiger partial charge in [0.2, 0.25) is 0 Å². The minimum atomic E-state index is 0.712. The third kappa shape index (κ3) is 12.5. The van der Waals surface area contributed by atoms with E-state index in [0.717, 1.165) is 16.5 Å². The Hall–Kier alpha value is -1.21. The molecular formula is C26H45N3S. The first kappa shape index (κ1) is 26.8. The maximum absolute atomic E-state index is 9.46. The van der Waals surface area contributed by atoms with Gasteiger partial charge < -0.3 is 4.90 Å². The van der Waals surface area contributed by atoms with Gasteiger partial charge in [0.15, 0.2) is 0 Å². The highest BCUT2D eigenvalue weighted by Crippen LogP contribution is 2.28. The second-order valence-electron chi connectivity index (χ2n) is 8.67. The van der Waals surface area contributed by atoms with Crippen molar-refractivity contribution in [2.45, 2.75) is 115 Å². The molecule has 0 aliphatic carbocycles. The Bertz CT molecular complexity index is 580. The lowest BCUT2D eigenvalue weighted by molar-refractivity contribution is 0.531. The highest BCUT2D eigenvalue weighted by molar-refractivity contribution is 7.99. The van der Waals surface area contributed by atoms with Crippen LogP contribution in [0.1, 0.15) is 115 Å². The molecule has 0 radical (unpaired) electrons. The highest BCUT2D eigenvalue weighted by atomic mass is 32.2. The SMILES string of the molecule is CCCCCCCCCCCCCCCCCCSc1nccc(N(C)C)c1C#N. The van der Waals surface area contributed by atoms with Gasteiger partial charge in [-0.25, -0.2) is 4.98 Å². The van der Waals surface area contributed by atoms with Crippen molar-refractivity contribution < 1.29 is 0 Å². The van der Waals surface area contributed by atoms with Crippen LogP contribution in [-0.2, 0) is 0 Å². The lowest BCUT2D eigenvalue weighted by Crippen LogP contribution is -2.11. The third-order valence-electron chi connectivity index (χ3n) is 5.72. The maximum Gasteiger partial charge on any atom is 0.116 e. The lowest BCUT2D eigenvalue weighted by atomic mass is 10.0. The number of nitriles is 1. The third-order valence-corrected chi connectivity index (χ3v) is 6.80. The molecule has 0 unspecified atom stereocenters. The fourth-order valence-electron chi connectivity index (χ4n) is 3.84. The molecule has 0 saturated heterocycles. The maximum atomic E-state index is 9.46. The quantitative estimate of drug-likeness (QED) is 0.163. The van der Waals surface area contributed by atoms with E-state index >= 15 is 0 Å². The van der Waals surface area contributed by atoms with Crippen LogP contribution in [0.4, 0.5) is 5.69 Å². The molecule has 0 atom stereocenters. The summed E-state index contributed by atoms with van der Waals surface area (Å²) in [5.41, 5.74) is 1.67. The Kier molecular flexibility index (Phi) is 16.6. The normalized spacial score (nSPS) is 10.9. The van der Waals surface area contributed by atoms with E-state index < -0.39 is 0 Å². The molecule has 0 bridgehead atoms. The molecule has 30 heavy (non-hydrogen) atoms. The van der Waals surface area contributed by atoms with Crippen molar-refractivity contribution in [1.29, 1.82) is 5.26 Å². The molecule has 0 aromatic carbocycles. The van der Waals surface area contributed by atoms with Crippen LogP contribution < -0.4 is 4.90 Å². The van der Waals surface area contributed by atoms with Crippen LogP contribution in [0.2, 0.25) is 0 Å². The molecule has 0 aliphatic rings. The monoisotopic (exact) mass is 431 g/mol. The molecule has 4 heteroatoms. The summed E-state index contributed by atoms with van der Waals surface area (Å²) in [6.45, 7) is 2.29. The lowest BCUT2D eigenvalue weighted by Gasteiger charge is -2.15. The second-order valence-corrected chi connectivity index (χ2v) is 9.75. The number of hydrogen-bond donors (Lipinski definition) is 0. The largest absolute Gasteiger partial charge is 0.376 e. The van der Waals surface area contributed by atoms with Crippen molar-refractivity contribution in [3.8, 4) is 6.07 Å². The number of unbranched alkanes of at least 4 members (excludes halogenated alkanes) is 15. The van der Waals surface area contributed by atoms with E-state index in [1.807, 2.05) is 31.3 Å². The van der Waals surface area contributed by atoms with Crippen LogP contribution in [0.3, 0.4) is 0 Å². The summed E-state index contributed by atoms with van der Waals surface area (Å²) < 4.78 is 0. The Morgan fingerprint density at radius 1 is 0.800 bits per heavy atom. The summed E-state index contributed by atoms with van der Waals surface area (Å²) in [7, 11) is 3.94. The standard InChI is InChI=1S/C26H45N3S/c1-4-5-6-7-8-9-10-11-12-13-14-15-16-17-18-19-22-30-26-24(23-27)25(29(2)3)20-21-28-26/h20-21H,4-19,22H2,1-3H3. The van der Waals surface area contributed by atoms with E-state index in [-0.39, 0.29) is 0 Å². The Labute approximate surface area is 191 Å². The van der Waals surface area contributed by atoms with E-state index in [9.17, 15) is 5.26 Å². The fraction of sp³-hybridized carbons (Fsp3) is 0.769. The van der Waals surface area contributed by atoms with Crippen LogP contribution in [0, 0.1) is 11.3 Å². The number of nitrogens with zero attached hydrogens (tertiary/aromatic N) is 3. The van der Waals surface area contributed by atoms with Gasteiger partial charge >= 0.3 is 0 Å². The van der Waals surface area contributed by atoms with Gasteiger partial charge in [-0.05, 0) is 18.2 Å². The minimum Gasteiger partial charge on any atom is -0.376 e. The van der Waals surface area contributed by atoms with Crippen molar-refractivity contribution in [2.75, 3.05) is 24.7 Å². The first-order valence-corrected chi connectivity index (χ1v) is 13.4. The summed E-state index contributed by atoms with van der Waals surface area (Å²) in [6, 6.07) is 4.24. The van der Waals surface area contributed by atoms with Gasteiger partial charge in [0.05, 0.1) is 5.69 Å². The van der Waals surface area contributed by atoms with Crippen LogP contribution in [-0.4, -0.2) is 24.8 Å². The molecule has 0 amide bonds. The number of anilines is 1. The van der Waals surface area contributed by atoms with Gasteiger partial charge in [-0.15, -0.1) is 11.8 Å². The summed E-state index contributed by atoms with van der Waals surface area (Å²) in [4.78, 5) is 6.40. The summed E-state index contributed by atoms with van der Waals surface area (Å²) in [6.07, 6.45) is 24.2. The fourth-order valence-corrected chi connectivity index (χ4v) is 4.81. The van der Waals surface area contributed by atoms with Gasteiger partial charge in [0, 0.05) is 20.3 Å². The van der Waals surface area contributed by atoms with E-state index in [1.54, 1.807) is 11.8 Å². The summed E-state index contributed by atoms with van der Waals surface area (Å²) >= 11 is 1.73. The minimum absolute atomic E-state index is 0.712. The summed E-state index contributed by atoms with van der Waals surface area (Å²) in [5.74, 6) is 1.05. The van der Waals surface area contributed by atoms with Gasteiger partial charge in [-0.3, -0.25) is 0 Å². The zero-order valence-corrected chi connectivity index (χ0v) is 20.7. The Morgan fingerprint density at radius 3 is 1.70 bits per heavy atom. The number of pyridine rings is 1. The molecule has 0 N–H and O–H groups in total. The predicted molar refractivity (Wildman–Crippen MR) is 134 cm³/mol. The first-order chi connectivity index (χ1) is 14.7. The van der Waals surface area contributed by atoms with Crippen molar-refractivity contribution in [1.82, 2.24) is 4.98 Å². The van der Waals surface area contributed by atoms with Crippen molar-refractivity contribution >= 4 is 17.4 Å². The van der Waals surface area contributed by atoms with Gasteiger partial charge in [-0.2, -0.15) is 5.26 Å². The van der Waals surface area contributed by atoms with Gasteiger partial charge in [0.1, 0.15) is 16.7 Å². The Morgan fingerprint density at radius 2 is 1.27 bits per heavy atom. The number of rotatable bonds is 19. The number of thioether (sulfide) groups is 1. The predicted octanol–water partition coefficient (Wildman–Crippen LogP) is 8.37. The van der Waals surface area contributed by atoms with Crippen LogP contribution >= 0.6 is 11.8 Å². The molecule has 0 saturated carbocycles. The average Bonchev–Trinajstić information content (AvgIpc) is 2.75. The van der Waals surface area contributed by atoms with Gasteiger partial charge in [0.25, 0.3) is 0 Å². The summed E-state index contributed by atoms with van der Waals surface area (Å²) in [5, 5.41) is 10.3. The first-order valence-electron chi connectivity index (χ1n) is 12.4. The molecule has 170 valence electrons. The Balaban J connectivity index is 1.93. The zero-order valence-electron chi connectivity index (χ0n) is 19.9. The number of aromatic nitrogens is 1. The highest BCUT2D eigenvalue weighted by Gasteiger charge is 2.11. The van der Waals surface area contributed by atoms with E-state index in [2.05, 4.69) is 18.0 Å². The van der Waals surface area contributed by atoms with Crippen molar-refractivity contribution in [3.05, 3.63) is 17.8 Å². The average molecular weight is 432 g/mol.